The van der Waals surface area contributed by atoms with Gasteiger partial charge in [-0.2, -0.15) is 8.42 Å². The summed E-state index contributed by atoms with van der Waals surface area (Å²) in [6, 6.07) is 0. The fourth-order valence-electron chi connectivity index (χ4n) is 1.74. The van der Waals surface area contributed by atoms with Gasteiger partial charge in [0.15, 0.2) is 17.4 Å². The zero-order valence-corrected chi connectivity index (χ0v) is 18.0. The van der Waals surface area contributed by atoms with E-state index in [0.717, 1.165) is 0 Å². The van der Waals surface area contributed by atoms with Crippen LogP contribution in [0.25, 0.3) is 0 Å². The second kappa shape index (κ2) is 26.2. The second-order valence-corrected chi connectivity index (χ2v) is 8.33. The van der Waals surface area contributed by atoms with Gasteiger partial charge in [0.2, 0.25) is 0 Å². The van der Waals surface area contributed by atoms with Crippen LogP contribution in [-0.4, -0.2) is 114 Å². The minimum atomic E-state index is -4.67. The summed E-state index contributed by atoms with van der Waals surface area (Å²) in [5.74, 6) is 0. The monoisotopic (exact) mass is 442 g/mol. The van der Waals surface area contributed by atoms with Crippen LogP contribution in [0.2, 0.25) is 3.67 Å². The average molecular weight is 443 g/mol. The average Bonchev–Trinajstić information content (AvgIpc) is 2.33. The van der Waals surface area contributed by atoms with Gasteiger partial charge in [-0.05, 0) is 0 Å². The summed E-state index contributed by atoms with van der Waals surface area (Å²) < 4.78 is 33.1. The van der Waals surface area contributed by atoms with Gasteiger partial charge in [0.25, 0.3) is 0 Å². The molecule has 0 atom stereocenters. The number of hydrogen-bond donors (Lipinski definition) is 6. The molecule has 0 aromatic heterocycles. The van der Waals surface area contributed by atoms with E-state index in [4.69, 9.17) is 36.7 Å². The van der Waals surface area contributed by atoms with E-state index in [-0.39, 0.29) is 40.4 Å². The smallest absolute Gasteiger partial charge is 0.368 e. The van der Waals surface area contributed by atoms with Crippen molar-refractivity contribution in [2.45, 2.75) is 74.8 Å². The second-order valence-electron chi connectivity index (χ2n) is 5.23. The van der Waals surface area contributed by atoms with E-state index in [1.54, 1.807) is 0 Å². The zero-order chi connectivity index (χ0) is 18.8. The van der Waals surface area contributed by atoms with Gasteiger partial charge < -0.3 is 19.2 Å². The topological polar surface area (TPSA) is 156 Å². The third-order valence-electron chi connectivity index (χ3n) is 2.71. The Kier molecular flexibility index (Phi) is 39.8. The Bertz CT molecular complexity index is 310. The van der Waals surface area contributed by atoms with E-state index < -0.39 is 19.4 Å². The van der Waals surface area contributed by atoms with Crippen LogP contribution in [0, 0.1) is 0 Å². The molecule has 0 saturated carbocycles. The Hall–Kier alpha value is 2.23. The molecule has 0 aliphatic rings. The number of hydrogen-bond acceptors (Lipinski definition) is 6. The summed E-state index contributed by atoms with van der Waals surface area (Å²) in [5.41, 5.74) is 0. The molecular weight excluding hydrogens is 407 g/mol. The molecule has 0 aliphatic heterocycles. The summed E-state index contributed by atoms with van der Waals surface area (Å²) in [6.45, 7) is 2.29. The van der Waals surface area contributed by atoms with E-state index in [0.29, 0.717) is 0 Å². The first-order chi connectivity index (χ1) is 10.4. The van der Waals surface area contributed by atoms with Crippen molar-refractivity contribution in [2.75, 3.05) is 0 Å². The molecular formula is C12H36AlMgNaO8SSi. The molecule has 0 aliphatic carbocycles. The van der Waals surface area contributed by atoms with Crippen molar-refractivity contribution in [2.24, 2.45) is 0 Å². The van der Waals surface area contributed by atoms with Crippen molar-refractivity contribution >= 4 is 87.8 Å². The standard InChI is InChI=1S/C12H25.Al.Mg.Na.H2O4S.H4O4Si.5H/c1-3-5-7-9-11-12-10-8-6-4-2;;;;2*1-5(2,3)4;;;;;/h1,3-12H2,2H3;;;;(H2,1,2,3,4);1-4H;;;;;. The summed E-state index contributed by atoms with van der Waals surface area (Å²) in [4.78, 5) is 29.3. The van der Waals surface area contributed by atoms with E-state index in [9.17, 15) is 0 Å². The normalized spacial score (nSPS) is 10.3. The quantitative estimate of drug-likeness (QED) is 0.145. The van der Waals surface area contributed by atoms with E-state index in [1.807, 2.05) is 0 Å². The maximum atomic E-state index is 8.74. The first-order valence-electron chi connectivity index (χ1n) is 8.01. The largest absolute Gasteiger partial charge is 0.668 e. The molecule has 0 fully saturated rings. The number of unbranched alkanes of at least 4 members (excludes halogenated alkanes) is 9. The van der Waals surface area contributed by atoms with Crippen LogP contribution >= 0.6 is 0 Å². The van der Waals surface area contributed by atoms with Gasteiger partial charge >= 0.3 is 145 Å². The van der Waals surface area contributed by atoms with Crippen LogP contribution in [0.15, 0.2) is 0 Å². The van der Waals surface area contributed by atoms with Gasteiger partial charge in [-0.3, -0.25) is 9.11 Å². The molecule has 0 saturated heterocycles. The van der Waals surface area contributed by atoms with Gasteiger partial charge in [-0.25, -0.2) is 0 Å². The molecule has 0 amide bonds. The van der Waals surface area contributed by atoms with Crippen molar-refractivity contribution < 1.29 is 36.7 Å². The maximum Gasteiger partial charge on any atom is 0.668 e. The van der Waals surface area contributed by atoms with Crippen LogP contribution < -0.4 is 0 Å². The molecule has 0 heterocycles. The fraction of sp³-hybridized carbons (Fsp3) is 1.00. The van der Waals surface area contributed by atoms with Gasteiger partial charge in [0, 0.05) is 0 Å². The maximum absolute atomic E-state index is 8.74. The molecule has 25 heavy (non-hydrogen) atoms. The molecule has 8 nitrogen and oxygen atoms in total. The van der Waals surface area contributed by atoms with Crippen LogP contribution in [0.3, 0.4) is 0 Å². The first-order valence-corrected chi connectivity index (χ1v) is 12.6. The predicted octanol–water partition coefficient (Wildman–Crippen LogP) is -0.868. The molecule has 0 unspecified atom stereocenters. The molecule has 0 aromatic carbocycles. The molecule has 0 spiro atoms. The van der Waals surface area contributed by atoms with Crippen molar-refractivity contribution in [1.29, 1.82) is 0 Å². The third-order valence-corrected chi connectivity index (χ3v) is 3.41. The Morgan fingerprint density at radius 1 is 0.760 bits per heavy atom. The summed E-state index contributed by atoms with van der Waals surface area (Å²) in [7, 11) is -9.28. The Balaban J connectivity index is -0.0000000933. The Labute approximate surface area is 197 Å². The van der Waals surface area contributed by atoms with Crippen molar-refractivity contribution in [1.82, 2.24) is 0 Å². The molecule has 6 N–H and O–H groups in total. The summed E-state index contributed by atoms with van der Waals surface area (Å²) >= 11 is 1.41. The molecule has 0 radical (unpaired) electrons. The van der Waals surface area contributed by atoms with Crippen LogP contribution in [0.4, 0.5) is 0 Å². The van der Waals surface area contributed by atoms with Gasteiger partial charge in [0.1, 0.15) is 0 Å². The SMILES string of the molecule is CCCCCCCCCCC[CH2][Na].O=S(=O)(O)O.O[Si](O)(O)O.[AlH3].[MgH2]. The van der Waals surface area contributed by atoms with E-state index in [2.05, 4.69) is 6.92 Å². The minimum Gasteiger partial charge on any atom is -0.368 e. The van der Waals surface area contributed by atoms with E-state index >= 15 is 0 Å². The Morgan fingerprint density at radius 3 is 1.16 bits per heavy atom. The van der Waals surface area contributed by atoms with Gasteiger partial charge in [-0.1, -0.05) is 0 Å². The molecule has 0 rings (SSSR count). The minimum absolute atomic E-state index is 0. The number of rotatable bonds is 10. The first kappa shape index (κ1) is 37.9. The third kappa shape index (κ3) is 103. The molecule has 13 heteroatoms. The summed E-state index contributed by atoms with van der Waals surface area (Å²) in [5, 5.41) is 0. The predicted molar refractivity (Wildman–Crippen MR) is 110 cm³/mol. The van der Waals surface area contributed by atoms with Crippen LogP contribution in [0.5, 0.6) is 0 Å². The summed E-state index contributed by atoms with van der Waals surface area (Å²) in [6.07, 6.45) is 14.7. The Morgan fingerprint density at radius 2 is 0.960 bits per heavy atom. The van der Waals surface area contributed by atoms with Gasteiger partial charge in [-0.15, -0.1) is 0 Å². The zero-order valence-electron chi connectivity index (χ0n) is 14.2. The molecule has 0 bridgehead atoms. The van der Waals surface area contributed by atoms with Crippen LogP contribution in [-0.2, 0) is 10.4 Å². The van der Waals surface area contributed by atoms with Crippen LogP contribution in [0.1, 0.15) is 71.1 Å². The van der Waals surface area contributed by atoms with Crippen molar-refractivity contribution in [3.63, 3.8) is 0 Å². The van der Waals surface area contributed by atoms with E-state index in [1.165, 1.54) is 95.8 Å². The fourth-order valence-corrected chi connectivity index (χ4v) is 2.24. The van der Waals surface area contributed by atoms with Crippen molar-refractivity contribution in [3.8, 4) is 0 Å². The molecule has 148 valence electrons. The van der Waals surface area contributed by atoms with Crippen molar-refractivity contribution in [3.05, 3.63) is 0 Å². The van der Waals surface area contributed by atoms with Gasteiger partial charge in [0.05, 0.1) is 0 Å². The molecule has 0 aromatic rings.